The predicted octanol–water partition coefficient (Wildman–Crippen LogP) is 1.34. The zero-order chi connectivity index (χ0) is 17.8. The van der Waals surface area contributed by atoms with Crippen LogP contribution in [0.2, 0.25) is 0 Å². The second-order valence-electron chi connectivity index (χ2n) is 5.75. The maximum atomic E-state index is 12.6. The Morgan fingerprint density at radius 3 is 2.76 bits per heavy atom. The van der Waals surface area contributed by atoms with E-state index in [0.29, 0.717) is 37.5 Å². The lowest BCUT2D eigenvalue weighted by atomic mass is 10.1. The first-order valence-electron chi connectivity index (χ1n) is 8.00. The number of rotatable bonds is 7. The van der Waals surface area contributed by atoms with E-state index in [0.717, 1.165) is 16.4 Å². The summed E-state index contributed by atoms with van der Waals surface area (Å²) in [4.78, 5) is 18.5. The van der Waals surface area contributed by atoms with Crippen LogP contribution >= 0.6 is 0 Å². The van der Waals surface area contributed by atoms with Crippen molar-refractivity contribution in [3.8, 4) is 0 Å². The third kappa shape index (κ3) is 3.45. The Bertz CT molecular complexity index is 893. The lowest BCUT2D eigenvalue weighted by Crippen LogP contribution is -2.29. The number of hydrogen-bond donors (Lipinski definition) is 0. The van der Waals surface area contributed by atoms with E-state index in [-0.39, 0.29) is 5.91 Å². The molecule has 0 aliphatic heterocycles. The van der Waals surface area contributed by atoms with E-state index in [4.69, 9.17) is 9.47 Å². The molecule has 0 radical (unpaired) electrons. The predicted molar refractivity (Wildman–Crippen MR) is 93.5 cm³/mol. The van der Waals surface area contributed by atoms with Gasteiger partial charge in [-0.1, -0.05) is 0 Å². The molecule has 0 saturated carbocycles. The van der Waals surface area contributed by atoms with E-state index < -0.39 is 0 Å². The summed E-state index contributed by atoms with van der Waals surface area (Å²) in [5.74, 6) is -0.0631. The molecule has 0 N–H and O–H groups in total. The summed E-state index contributed by atoms with van der Waals surface area (Å²) in [6.07, 6.45) is 1.72. The first kappa shape index (κ1) is 17.2. The van der Waals surface area contributed by atoms with Gasteiger partial charge in [0.15, 0.2) is 0 Å². The Kier molecular flexibility index (Phi) is 5.20. The Labute approximate surface area is 145 Å². The van der Waals surface area contributed by atoms with Gasteiger partial charge in [-0.05, 0) is 18.2 Å². The molecular weight excluding hydrogens is 322 g/mol. The fraction of sp³-hybridized carbons (Fsp3) is 0.412. The molecule has 0 aliphatic rings. The molecule has 1 aromatic carbocycles. The second kappa shape index (κ2) is 7.54. The zero-order valence-corrected chi connectivity index (χ0v) is 14.6. The first-order valence-corrected chi connectivity index (χ1v) is 8.00. The standard InChI is InChI=1S/C17H21N5O3/c1-21(6-8-24-2)17(23)12-4-5-14-13(10-12)15-16(20-19-14)18-11-22(15)7-9-25-3/h4-5,10-11H,6-9H2,1-3H3. The largest absolute Gasteiger partial charge is 0.383 e. The topological polar surface area (TPSA) is 82.4 Å². The van der Waals surface area contributed by atoms with E-state index in [1.54, 1.807) is 38.6 Å². The molecule has 25 heavy (non-hydrogen) atoms. The number of ether oxygens (including phenoxy) is 2. The molecule has 0 unspecified atom stereocenters. The molecule has 2 aromatic heterocycles. The normalized spacial score (nSPS) is 11.3. The molecule has 8 nitrogen and oxygen atoms in total. The van der Waals surface area contributed by atoms with Gasteiger partial charge in [0.2, 0.25) is 5.65 Å². The smallest absolute Gasteiger partial charge is 0.253 e. The number of carbonyl (C=O) groups excluding carboxylic acids is 1. The van der Waals surface area contributed by atoms with Crippen molar-refractivity contribution in [2.45, 2.75) is 6.54 Å². The summed E-state index contributed by atoms with van der Waals surface area (Å²) < 4.78 is 12.2. The highest BCUT2D eigenvalue weighted by molar-refractivity contribution is 6.05. The molecule has 2 heterocycles. The summed E-state index contributed by atoms with van der Waals surface area (Å²) in [6.45, 7) is 2.24. The average Bonchev–Trinajstić information content (AvgIpc) is 3.06. The second-order valence-corrected chi connectivity index (χ2v) is 5.75. The molecule has 0 bridgehead atoms. The summed E-state index contributed by atoms with van der Waals surface area (Å²) >= 11 is 0. The minimum absolute atomic E-state index is 0.0631. The van der Waals surface area contributed by atoms with Gasteiger partial charge in [-0.3, -0.25) is 4.79 Å². The Morgan fingerprint density at radius 1 is 1.20 bits per heavy atom. The molecular formula is C17H21N5O3. The molecule has 8 heteroatoms. The number of aromatic nitrogens is 4. The quantitative estimate of drug-likeness (QED) is 0.644. The lowest BCUT2D eigenvalue weighted by Gasteiger charge is -2.17. The van der Waals surface area contributed by atoms with Gasteiger partial charge < -0.3 is 18.9 Å². The number of likely N-dealkylation sites (N-methyl/N-ethyl adjacent to an activating group) is 1. The number of fused-ring (bicyclic) bond motifs is 3. The van der Waals surface area contributed by atoms with Crippen LogP contribution in [0.25, 0.3) is 22.1 Å². The maximum Gasteiger partial charge on any atom is 0.253 e. The van der Waals surface area contributed by atoms with E-state index in [2.05, 4.69) is 15.2 Å². The lowest BCUT2D eigenvalue weighted by molar-refractivity contribution is 0.0744. The molecule has 1 amide bonds. The molecule has 0 spiro atoms. The van der Waals surface area contributed by atoms with Crippen LogP contribution in [0.4, 0.5) is 0 Å². The van der Waals surface area contributed by atoms with Gasteiger partial charge in [0, 0.05) is 45.3 Å². The van der Waals surface area contributed by atoms with Crippen molar-refractivity contribution in [2.24, 2.45) is 0 Å². The van der Waals surface area contributed by atoms with Crippen LogP contribution in [0.5, 0.6) is 0 Å². The third-order valence-corrected chi connectivity index (χ3v) is 4.08. The minimum atomic E-state index is -0.0631. The van der Waals surface area contributed by atoms with Crippen LogP contribution in [0, 0.1) is 0 Å². The van der Waals surface area contributed by atoms with Crippen molar-refractivity contribution >= 4 is 28.0 Å². The Hall–Kier alpha value is -2.58. The van der Waals surface area contributed by atoms with E-state index in [9.17, 15) is 4.79 Å². The van der Waals surface area contributed by atoms with Gasteiger partial charge in [0.25, 0.3) is 5.91 Å². The van der Waals surface area contributed by atoms with Crippen molar-refractivity contribution in [2.75, 3.05) is 41.0 Å². The highest BCUT2D eigenvalue weighted by Crippen LogP contribution is 2.23. The van der Waals surface area contributed by atoms with Gasteiger partial charge in [0.1, 0.15) is 0 Å². The SMILES string of the molecule is COCCN(C)C(=O)c1ccc2nnc3ncn(CCOC)c3c2c1. The Morgan fingerprint density at radius 2 is 2.00 bits per heavy atom. The van der Waals surface area contributed by atoms with Crippen molar-refractivity contribution in [3.05, 3.63) is 30.1 Å². The van der Waals surface area contributed by atoms with Crippen LogP contribution in [-0.4, -0.2) is 71.6 Å². The van der Waals surface area contributed by atoms with Crippen molar-refractivity contribution in [1.82, 2.24) is 24.6 Å². The summed E-state index contributed by atoms with van der Waals surface area (Å²) in [7, 11) is 5.03. The number of imidazole rings is 1. The van der Waals surface area contributed by atoms with Gasteiger partial charge in [0.05, 0.1) is 30.6 Å². The number of benzene rings is 1. The summed E-state index contributed by atoms with van der Waals surface area (Å²) in [5, 5.41) is 9.20. The van der Waals surface area contributed by atoms with Crippen LogP contribution in [-0.2, 0) is 16.0 Å². The van der Waals surface area contributed by atoms with Crippen LogP contribution in [0.15, 0.2) is 24.5 Å². The van der Waals surface area contributed by atoms with E-state index in [1.807, 2.05) is 16.7 Å². The van der Waals surface area contributed by atoms with Gasteiger partial charge in [-0.15, -0.1) is 10.2 Å². The molecule has 3 aromatic rings. The summed E-state index contributed by atoms with van der Waals surface area (Å²) in [5.41, 5.74) is 2.74. The number of hydrogen-bond acceptors (Lipinski definition) is 6. The number of amides is 1. The highest BCUT2D eigenvalue weighted by atomic mass is 16.5. The van der Waals surface area contributed by atoms with Gasteiger partial charge in [-0.25, -0.2) is 4.98 Å². The zero-order valence-electron chi connectivity index (χ0n) is 14.6. The van der Waals surface area contributed by atoms with Crippen molar-refractivity contribution < 1.29 is 14.3 Å². The monoisotopic (exact) mass is 343 g/mol. The van der Waals surface area contributed by atoms with Gasteiger partial charge >= 0.3 is 0 Å². The molecule has 3 rings (SSSR count). The van der Waals surface area contributed by atoms with Gasteiger partial charge in [-0.2, -0.15) is 0 Å². The first-order chi connectivity index (χ1) is 12.2. The molecule has 0 aliphatic carbocycles. The molecule has 0 saturated heterocycles. The molecule has 0 atom stereocenters. The highest BCUT2D eigenvalue weighted by Gasteiger charge is 2.15. The van der Waals surface area contributed by atoms with E-state index in [1.165, 1.54) is 0 Å². The number of carbonyl (C=O) groups is 1. The minimum Gasteiger partial charge on any atom is -0.383 e. The van der Waals surface area contributed by atoms with Crippen LogP contribution in [0.1, 0.15) is 10.4 Å². The Balaban J connectivity index is 2.04. The van der Waals surface area contributed by atoms with Crippen LogP contribution < -0.4 is 0 Å². The van der Waals surface area contributed by atoms with Crippen molar-refractivity contribution in [3.63, 3.8) is 0 Å². The average molecular weight is 343 g/mol. The fourth-order valence-corrected chi connectivity index (χ4v) is 2.68. The summed E-state index contributed by atoms with van der Waals surface area (Å²) in [6, 6.07) is 5.43. The maximum absolute atomic E-state index is 12.6. The van der Waals surface area contributed by atoms with Crippen molar-refractivity contribution in [1.29, 1.82) is 0 Å². The number of nitrogens with zero attached hydrogens (tertiary/aromatic N) is 5. The van der Waals surface area contributed by atoms with Crippen LogP contribution in [0.3, 0.4) is 0 Å². The fourth-order valence-electron chi connectivity index (χ4n) is 2.68. The molecule has 0 fully saturated rings. The van der Waals surface area contributed by atoms with E-state index >= 15 is 0 Å². The third-order valence-electron chi connectivity index (χ3n) is 4.08. The molecule has 132 valence electrons. The number of methoxy groups -OCH3 is 2.